The third-order valence-electron chi connectivity index (χ3n) is 5.09. The van der Waals surface area contributed by atoms with Crippen molar-refractivity contribution < 1.29 is 9.90 Å². The van der Waals surface area contributed by atoms with Crippen molar-refractivity contribution in [3.8, 4) is 0 Å². The summed E-state index contributed by atoms with van der Waals surface area (Å²) in [4.78, 5) is 28.6. The van der Waals surface area contributed by atoms with E-state index in [0.29, 0.717) is 11.5 Å². The van der Waals surface area contributed by atoms with Crippen molar-refractivity contribution in [2.45, 2.75) is 33.2 Å². The van der Waals surface area contributed by atoms with Gasteiger partial charge in [-0.15, -0.1) is 0 Å². The Kier molecular flexibility index (Phi) is 5.04. The summed E-state index contributed by atoms with van der Waals surface area (Å²) in [6, 6.07) is 7.16. The summed E-state index contributed by atoms with van der Waals surface area (Å²) in [6.07, 6.45) is 3.87. The van der Waals surface area contributed by atoms with E-state index in [2.05, 4.69) is 9.88 Å². The van der Waals surface area contributed by atoms with Crippen molar-refractivity contribution in [1.29, 1.82) is 0 Å². The van der Waals surface area contributed by atoms with Crippen LogP contribution >= 0.6 is 0 Å². The van der Waals surface area contributed by atoms with Crippen LogP contribution in [0.1, 0.15) is 39.2 Å². The van der Waals surface area contributed by atoms with Crippen LogP contribution in [0.2, 0.25) is 0 Å². The Morgan fingerprint density at radius 3 is 2.68 bits per heavy atom. The number of benzene rings is 1. The van der Waals surface area contributed by atoms with Gasteiger partial charge in [-0.3, -0.25) is 9.69 Å². The Labute approximate surface area is 147 Å². The van der Waals surface area contributed by atoms with Crippen LogP contribution in [0.15, 0.2) is 35.3 Å². The first-order chi connectivity index (χ1) is 11.9. The van der Waals surface area contributed by atoms with Gasteiger partial charge in [0.1, 0.15) is 0 Å². The summed E-state index contributed by atoms with van der Waals surface area (Å²) in [7, 11) is 0. The smallest absolute Gasteiger partial charge is 0.335 e. The predicted molar refractivity (Wildman–Crippen MR) is 97.0 cm³/mol. The summed E-state index contributed by atoms with van der Waals surface area (Å²) in [5.41, 5.74) is 4.20. The van der Waals surface area contributed by atoms with Crippen molar-refractivity contribution in [1.82, 2.24) is 9.88 Å². The molecule has 3 rings (SSSR count). The normalized spacial score (nSPS) is 17.8. The van der Waals surface area contributed by atoms with E-state index in [1.54, 1.807) is 18.3 Å². The topological polar surface area (TPSA) is 73.4 Å². The van der Waals surface area contributed by atoms with E-state index in [1.165, 1.54) is 5.56 Å². The number of nitrogens with one attached hydrogen (secondary N) is 1. The number of aromatic carboxylic acids is 1. The zero-order valence-electron chi connectivity index (χ0n) is 14.7. The number of hydrogen-bond donors (Lipinski definition) is 2. The average Bonchev–Trinajstić information content (AvgIpc) is 3.03. The van der Waals surface area contributed by atoms with Gasteiger partial charge in [0.15, 0.2) is 5.43 Å². The lowest BCUT2D eigenvalue weighted by Gasteiger charge is -2.17. The molecule has 1 saturated heterocycles. The van der Waals surface area contributed by atoms with Crippen molar-refractivity contribution >= 4 is 5.97 Å². The second kappa shape index (κ2) is 7.23. The van der Waals surface area contributed by atoms with Gasteiger partial charge in [-0.25, -0.2) is 4.79 Å². The van der Waals surface area contributed by atoms with Crippen molar-refractivity contribution in [2.24, 2.45) is 5.92 Å². The third-order valence-corrected chi connectivity index (χ3v) is 5.09. The summed E-state index contributed by atoms with van der Waals surface area (Å²) < 4.78 is 0. The highest BCUT2D eigenvalue weighted by Gasteiger charge is 2.23. The molecule has 0 aliphatic carbocycles. The van der Waals surface area contributed by atoms with E-state index in [9.17, 15) is 9.59 Å². The molecule has 1 fully saturated rings. The lowest BCUT2D eigenvalue weighted by molar-refractivity contribution is 0.0697. The van der Waals surface area contributed by atoms with Crippen LogP contribution in [0.5, 0.6) is 0 Å². The molecule has 1 aliphatic rings. The van der Waals surface area contributed by atoms with Gasteiger partial charge in [-0.2, -0.15) is 0 Å². The molecule has 0 radical (unpaired) electrons. The van der Waals surface area contributed by atoms with Crippen molar-refractivity contribution in [2.75, 3.05) is 13.1 Å². The summed E-state index contributed by atoms with van der Waals surface area (Å²) in [5.74, 6) is -0.325. The molecule has 5 nitrogen and oxygen atoms in total. The molecule has 0 unspecified atom stereocenters. The number of aromatic amines is 1. The maximum atomic E-state index is 12.1. The SMILES string of the molecule is Cc1c[nH]c(CN2CC[C@@H](Cc3ccc(C(=O)O)cc3)C2)c(C)c1=O. The first-order valence-corrected chi connectivity index (χ1v) is 8.66. The van der Waals surface area contributed by atoms with Gasteiger partial charge in [0.25, 0.3) is 0 Å². The third kappa shape index (κ3) is 3.99. The minimum atomic E-state index is -0.888. The van der Waals surface area contributed by atoms with Crippen molar-refractivity contribution in [3.63, 3.8) is 0 Å². The molecule has 1 atom stereocenters. The van der Waals surface area contributed by atoms with E-state index < -0.39 is 5.97 Å². The number of rotatable bonds is 5. The Hall–Kier alpha value is -2.40. The summed E-state index contributed by atoms with van der Waals surface area (Å²) in [6.45, 7) is 6.51. The molecule has 2 heterocycles. The molecule has 2 N–H and O–H groups in total. The maximum Gasteiger partial charge on any atom is 0.335 e. The molecule has 0 saturated carbocycles. The fourth-order valence-corrected chi connectivity index (χ4v) is 3.53. The van der Waals surface area contributed by atoms with Crippen molar-refractivity contribution in [3.05, 3.63) is 68.6 Å². The van der Waals surface area contributed by atoms with Crippen LogP contribution in [0, 0.1) is 19.8 Å². The van der Waals surface area contributed by atoms with Gasteiger partial charge in [0.05, 0.1) is 5.56 Å². The Morgan fingerprint density at radius 1 is 1.28 bits per heavy atom. The van der Waals surface area contributed by atoms with Crippen LogP contribution in [0.3, 0.4) is 0 Å². The quantitative estimate of drug-likeness (QED) is 0.878. The van der Waals surface area contributed by atoms with Crippen LogP contribution in [0.25, 0.3) is 0 Å². The second-order valence-corrected chi connectivity index (χ2v) is 7.00. The van der Waals surface area contributed by atoms with Gasteiger partial charge in [0.2, 0.25) is 0 Å². The first-order valence-electron chi connectivity index (χ1n) is 8.66. The highest BCUT2D eigenvalue weighted by atomic mass is 16.4. The lowest BCUT2D eigenvalue weighted by atomic mass is 9.98. The fourth-order valence-electron chi connectivity index (χ4n) is 3.53. The number of carbonyl (C=O) groups is 1. The number of aromatic nitrogens is 1. The van der Waals surface area contributed by atoms with Crippen LogP contribution in [-0.4, -0.2) is 34.0 Å². The van der Waals surface area contributed by atoms with Gasteiger partial charge in [0, 0.05) is 36.1 Å². The summed E-state index contributed by atoms with van der Waals surface area (Å²) in [5, 5.41) is 8.96. The first kappa shape index (κ1) is 17.4. The number of pyridine rings is 1. The van der Waals surface area contributed by atoms with Crippen LogP contribution < -0.4 is 5.43 Å². The molecular formula is C20H24N2O3. The molecule has 0 bridgehead atoms. The second-order valence-electron chi connectivity index (χ2n) is 7.00. The summed E-state index contributed by atoms with van der Waals surface area (Å²) >= 11 is 0. The molecule has 2 aromatic rings. The Balaban J connectivity index is 1.59. The van der Waals surface area contributed by atoms with Crippen LogP contribution in [0.4, 0.5) is 0 Å². The fraction of sp³-hybridized carbons (Fsp3) is 0.400. The molecule has 1 aromatic carbocycles. The molecule has 5 heteroatoms. The highest BCUT2D eigenvalue weighted by molar-refractivity contribution is 5.87. The van der Waals surface area contributed by atoms with E-state index in [1.807, 2.05) is 26.0 Å². The van der Waals surface area contributed by atoms with Crippen LogP contribution in [-0.2, 0) is 13.0 Å². The molecule has 1 aliphatic heterocycles. The zero-order chi connectivity index (χ0) is 18.0. The minimum absolute atomic E-state index is 0.128. The van der Waals surface area contributed by atoms with Gasteiger partial charge in [-0.05, 0) is 56.8 Å². The average molecular weight is 340 g/mol. The standard InChI is InChI=1S/C20H24N2O3/c1-13-10-21-18(14(2)19(13)23)12-22-8-7-16(11-22)9-15-3-5-17(6-4-15)20(24)25/h3-6,10,16H,7-9,11-12H2,1-2H3,(H,21,23)(H,24,25)/t16-/m0/s1. The Morgan fingerprint density at radius 2 is 2.00 bits per heavy atom. The molecule has 132 valence electrons. The Bertz CT molecular complexity index is 824. The van der Waals surface area contributed by atoms with E-state index in [4.69, 9.17) is 5.11 Å². The number of nitrogens with zero attached hydrogens (tertiary/aromatic N) is 1. The minimum Gasteiger partial charge on any atom is -0.478 e. The predicted octanol–water partition coefficient (Wildman–Crippen LogP) is 2.75. The molecule has 0 amide bonds. The van der Waals surface area contributed by atoms with E-state index in [-0.39, 0.29) is 5.43 Å². The number of aryl methyl sites for hydroxylation is 1. The largest absolute Gasteiger partial charge is 0.478 e. The number of carboxylic acids is 1. The van der Waals surface area contributed by atoms with E-state index >= 15 is 0 Å². The van der Waals surface area contributed by atoms with E-state index in [0.717, 1.165) is 49.3 Å². The molecule has 1 aromatic heterocycles. The van der Waals surface area contributed by atoms with Gasteiger partial charge < -0.3 is 10.1 Å². The zero-order valence-corrected chi connectivity index (χ0v) is 14.7. The number of carboxylic acid groups (broad SMARTS) is 1. The lowest BCUT2D eigenvalue weighted by Crippen LogP contribution is -2.24. The molecule has 0 spiro atoms. The monoisotopic (exact) mass is 340 g/mol. The number of hydrogen-bond acceptors (Lipinski definition) is 3. The van der Waals surface area contributed by atoms with Gasteiger partial charge in [-0.1, -0.05) is 12.1 Å². The maximum absolute atomic E-state index is 12.1. The number of likely N-dealkylation sites (tertiary alicyclic amines) is 1. The molecular weight excluding hydrogens is 316 g/mol. The van der Waals surface area contributed by atoms with Gasteiger partial charge >= 0.3 is 5.97 Å². The molecule has 25 heavy (non-hydrogen) atoms. The number of H-pyrrole nitrogens is 1. The highest BCUT2D eigenvalue weighted by Crippen LogP contribution is 2.22.